The minimum Gasteiger partial charge on any atom is -0.355 e. The predicted octanol–water partition coefficient (Wildman–Crippen LogP) is 0.947. The topological polar surface area (TPSA) is 62.4 Å². The lowest BCUT2D eigenvalue weighted by Gasteiger charge is -2.19. The Hall–Kier alpha value is -0.420. The molecule has 4 nitrogen and oxygen atoms in total. The molecule has 0 amide bonds. The van der Waals surface area contributed by atoms with Crippen molar-refractivity contribution in [2.45, 2.75) is 31.9 Å². The van der Waals surface area contributed by atoms with E-state index < -0.39 is 0 Å². The van der Waals surface area contributed by atoms with Gasteiger partial charge < -0.3 is 5.32 Å². The SMILES string of the molecule is CCCNC(=NCC(C)(C)SC)NN. The largest absolute Gasteiger partial charge is 0.355 e. The smallest absolute Gasteiger partial charge is 0.205 e. The van der Waals surface area contributed by atoms with Gasteiger partial charge in [-0.3, -0.25) is 10.4 Å². The highest BCUT2D eigenvalue weighted by Gasteiger charge is 2.14. The van der Waals surface area contributed by atoms with E-state index in [1.165, 1.54) is 0 Å². The first-order valence-corrected chi connectivity index (χ1v) is 6.08. The Morgan fingerprint density at radius 2 is 2.14 bits per heavy atom. The van der Waals surface area contributed by atoms with Crippen molar-refractivity contribution in [2.24, 2.45) is 10.8 Å². The van der Waals surface area contributed by atoms with Crippen molar-refractivity contribution in [1.82, 2.24) is 10.7 Å². The van der Waals surface area contributed by atoms with Crippen LogP contribution in [-0.2, 0) is 0 Å². The number of nitrogens with zero attached hydrogens (tertiary/aromatic N) is 1. The summed E-state index contributed by atoms with van der Waals surface area (Å²) in [5.41, 5.74) is 2.56. The molecule has 84 valence electrons. The van der Waals surface area contributed by atoms with E-state index in [1.807, 2.05) is 0 Å². The first-order chi connectivity index (χ1) is 6.55. The molecule has 0 spiro atoms. The number of rotatable bonds is 5. The summed E-state index contributed by atoms with van der Waals surface area (Å²) in [7, 11) is 0. The average Bonchev–Trinajstić information content (AvgIpc) is 2.18. The summed E-state index contributed by atoms with van der Waals surface area (Å²) in [6.07, 6.45) is 3.15. The molecule has 0 aromatic heterocycles. The maximum Gasteiger partial charge on any atom is 0.205 e. The van der Waals surface area contributed by atoms with Crippen LogP contribution in [0, 0.1) is 0 Å². The summed E-state index contributed by atoms with van der Waals surface area (Å²) in [6.45, 7) is 8.07. The fourth-order valence-electron chi connectivity index (χ4n) is 0.730. The summed E-state index contributed by atoms with van der Waals surface area (Å²) in [6, 6.07) is 0. The van der Waals surface area contributed by atoms with Gasteiger partial charge in [-0.2, -0.15) is 11.8 Å². The normalized spacial score (nSPS) is 12.8. The molecule has 0 aromatic rings. The molecule has 0 rings (SSSR count). The van der Waals surface area contributed by atoms with E-state index in [2.05, 4.69) is 42.8 Å². The molecule has 0 atom stereocenters. The van der Waals surface area contributed by atoms with E-state index in [0.717, 1.165) is 19.5 Å². The van der Waals surface area contributed by atoms with Gasteiger partial charge in [-0.15, -0.1) is 0 Å². The molecular weight excluding hydrogens is 196 g/mol. The van der Waals surface area contributed by atoms with E-state index >= 15 is 0 Å². The molecular formula is C9H22N4S. The van der Waals surface area contributed by atoms with Crippen molar-refractivity contribution in [1.29, 1.82) is 0 Å². The second-order valence-electron chi connectivity index (χ2n) is 3.70. The standard InChI is InChI=1S/C9H22N4S/c1-5-6-11-8(13-10)12-7-9(2,3)14-4/h5-7,10H2,1-4H3,(H2,11,12,13). The van der Waals surface area contributed by atoms with E-state index in [1.54, 1.807) is 11.8 Å². The van der Waals surface area contributed by atoms with Crippen molar-refractivity contribution in [3.63, 3.8) is 0 Å². The Labute approximate surface area is 91.1 Å². The Bertz CT molecular complexity index is 180. The molecule has 0 radical (unpaired) electrons. The number of nitrogens with one attached hydrogen (secondary N) is 2. The van der Waals surface area contributed by atoms with Crippen LogP contribution < -0.4 is 16.6 Å². The van der Waals surface area contributed by atoms with Crippen LogP contribution in [0.3, 0.4) is 0 Å². The van der Waals surface area contributed by atoms with Crippen LogP contribution in [-0.4, -0.2) is 30.1 Å². The summed E-state index contributed by atoms with van der Waals surface area (Å²) in [4.78, 5) is 4.37. The van der Waals surface area contributed by atoms with E-state index in [4.69, 9.17) is 5.84 Å². The van der Waals surface area contributed by atoms with Crippen LogP contribution in [0.1, 0.15) is 27.2 Å². The zero-order valence-corrected chi connectivity index (χ0v) is 10.4. The fourth-order valence-corrected chi connectivity index (χ4v) is 0.924. The van der Waals surface area contributed by atoms with Crippen LogP contribution in [0.5, 0.6) is 0 Å². The summed E-state index contributed by atoms with van der Waals surface area (Å²) >= 11 is 1.80. The number of hydrogen-bond donors (Lipinski definition) is 3. The molecule has 14 heavy (non-hydrogen) atoms. The number of hydrazine groups is 1. The molecule has 0 saturated carbocycles. The van der Waals surface area contributed by atoms with Crippen molar-refractivity contribution in [2.75, 3.05) is 19.3 Å². The molecule has 4 N–H and O–H groups in total. The summed E-state index contributed by atoms with van der Waals surface area (Å²) in [5, 5.41) is 3.12. The fraction of sp³-hybridized carbons (Fsp3) is 0.889. The maximum atomic E-state index is 5.33. The summed E-state index contributed by atoms with van der Waals surface area (Å²) < 4.78 is 0.163. The first kappa shape index (κ1) is 13.6. The third kappa shape index (κ3) is 6.10. The minimum absolute atomic E-state index is 0.163. The maximum absolute atomic E-state index is 5.33. The van der Waals surface area contributed by atoms with Gasteiger partial charge in [-0.1, -0.05) is 6.92 Å². The average molecular weight is 218 g/mol. The number of guanidine groups is 1. The zero-order valence-electron chi connectivity index (χ0n) is 9.55. The molecule has 0 aliphatic heterocycles. The lowest BCUT2D eigenvalue weighted by molar-refractivity contribution is 0.709. The first-order valence-electron chi connectivity index (χ1n) is 4.86. The molecule has 0 saturated heterocycles. The molecule has 0 bridgehead atoms. The number of nitrogens with two attached hydrogens (primary N) is 1. The molecule has 0 aliphatic carbocycles. The van der Waals surface area contributed by atoms with E-state index in [9.17, 15) is 0 Å². The number of aliphatic imine (C=N–C) groups is 1. The van der Waals surface area contributed by atoms with Gasteiger partial charge in [-0.25, -0.2) is 5.84 Å². The Balaban J connectivity index is 4.03. The number of thioether (sulfide) groups is 1. The van der Waals surface area contributed by atoms with Crippen LogP contribution in [0.15, 0.2) is 4.99 Å². The Morgan fingerprint density at radius 1 is 1.50 bits per heavy atom. The van der Waals surface area contributed by atoms with Gasteiger partial charge in [0.15, 0.2) is 0 Å². The molecule has 0 aliphatic rings. The van der Waals surface area contributed by atoms with Crippen LogP contribution >= 0.6 is 11.8 Å². The molecule has 5 heteroatoms. The van der Waals surface area contributed by atoms with Gasteiger partial charge in [0.25, 0.3) is 0 Å². The predicted molar refractivity (Wildman–Crippen MR) is 65.5 cm³/mol. The quantitative estimate of drug-likeness (QED) is 0.278. The van der Waals surface area contributed by atoms with Crippen molar-refractivity contribution in [3.8, 4) is 0 Å². The van der Waals surface area contributed by atoms with Crippen LogP contribution in [0.25, 0.3) is 0 Å². The van der Waals surface area contributed by atoms with Gasteiger partial charge in [-0.05, 0) is 26.5 Å². The highest BCUT2D eigenvalue weighted by Crippen LogP contribution is 2.20. The molecule has 0 aromatic carbocycles. The highest BCUT2D eigenvalue weighted by molar-refractivity contribution is 7.99. The van der Waals surface area contributed by atoms with Gasteiger partial charge in [0.2, 0.25) is 5.96 Å². The van der Waals surface area contributed by atoms with Crippen molar-refractivity contribution >= 4 is 17.7 Å². The second kappa shape index (κ2) is 6.95. The second-order valence-corrected chi connectivity index (χ2v) is 5.21. The summed E-state index contributed by atoms with van der Waals surface area (Å²) in [5.74, 6) is 6.01. The Kier molecular flexibility index (Phi) is 6.74. The number of hydrogen-bond acceptors (Lipinski definition) is 3. The van der Waals surface area contributed by atoms with Crippen LogP contribution in [0.4, 0.5) is 0 Å². The highest BCUT2D eigenvalue weighted by atomic mass is 32.2. The van der Waals surface area contributed by atoms with E-state index in [-0.39, 0.29) is 4.75 Å². The van der Waals surface area contributed by atoms with E-state index in [0.29, 0.717) is 5.96 Å². The van der Waals surface area contributed by atoms with Crippen LogP contribution in [0.2, 0.25) is 0 Å². The van der Waals surface area contributed by atoms with Gasteiger partial charge in [0.1, 0.15) is 0 Å². The zero-order chi connectivity index (χ0) is 11.0. The Morgan fingerprint density at radius 3 is 2.57 bits per heavy atom. The van der Waals surface area contributed by atoms with Crippen molar-refractivity contribution < 1.29 is 0 Å². The third-order valence-electron chi connectivity index (χ3n) is 1.85. The third-order valence-corrected chi connectivity index (χ3v) is 3.08. The lowest BCUT2D eigenvalue weighted by atomic mass is 10.2. The lowest BCUT2D eigenvalue weighted by Crippen LogP contribution is -2.42. The molecule has 0 unspecified atom stereocenters. The molecule has 0 fully saturated rings. The monoisotopic (exact) mass is 218 g/mol. The molecule has 0 heterocycles. The van der Waals surface area contributed by atoms with Gasteiger partial charge in [0, 0.05) is 11.3 Å². The van der Waals surface area contributed by atoms with Gasteiger partial charge >= 0.3 is 0 Å². The van der Waals surface area contributed by atoms with Crippen molar-refractivity contribution in [3.05, 3.63) is 0 Å². The van der Waals surface area contributed by atoms with Gasteiger partial charge in [0.05, 0.1) is 6.54 Å². The minimum atomic E-state index is 0.163.